The first-order valence-electron chi connectivity index (χ1n) is 14.2. The van der Waals surface area contributed by atoms with E-state index in [1.807, 2.05) is 115 Å². The van der Waals surface area contributed by atoms with Crippen molar-refractivity contribution in [2.75, 3.05) is 21.3 Å². The molecule has 0 amide bonds. The van der Waals surface area contributed by atoms with Crippen molar-refractivity contribution < 1.29 is 33.9 Å². The SMILES string of the molecule is COc1ccc(C(O)c2c(OC)cccc2OCc2ccccc2)cc1.COc1cccc(OCc2ccccc2)c1CO. The first kappa shape index (κ1) is 31.9. The lowest BCUT2D eigenvalue weighted by Gasteiger charge is -2.20. The summed E-state index contributed by atoms with van der Waals surface area (Å²) in [5.41, 5.74) is 4.16. The molecule has 0 aromatic heterocycles. The zero-order chi connectivity index (χ0) is 31.1. The second-order valence-corrected chi connectivity index (χ2v) is 9.69. The van der Waals surface area contributed by atoms with Gasteiger partial charge < -0.3 is 33.9 Å². The molecular weight excluding hydrogens is 556 g/mol. The Hall–Kier alpha value is -4.98. The van der Waals surface area contributed by atoms with E-state index in [-0.39, 0.29) is 6.61 Å². The number of rotatable bonds is 12. The van der Waals surface area contributed by atoms with Gasteiger partial charge in [-0.25, -0.2) is 0 Å². The molecule has 0 fully saturated rings. The van der Waals surface area contributed by atoms with E-state index in [9.17, 15) is 10.2 Å². The minimum Gasteiger partial charge on any atom is -0.497 e. The van der Waals surface area contributed by atoms with E-state index in [0.29, 0.717) is 47.3 Å². The predicted molar refractivity (Wildman–Crippen MR) is 171 cm³/mol. The number of ether oxygens (including phenoxy) is 5. The van der Waals surface area contributed by atoms with Crippen LogP contribution in [0.25, 0.3) is 0 Å². The number of aliphatic hydroxyl groups is 2. The van der Waals surface area contributed by atoms with Crippen molar-refractivity contribution in [1.29, 1.82) is 0 Å². The van der Waals surface area contributed by atoms with Gasteiger partial charge in [-0.05, 0) is 53.1 Å². The van der Waals surface area contributed by atoms with Crippen LogP contribution in [0.4, 0.5) is 0 Å². The maximum absolute atomic E-state index is 10.9. The second-order valence-electron chi connectivity index (χ2n) is 9.69. The smallest absolute Gasteiger partial charge is 0.129 e. The Labute approximate surface area is 258 Å². The molecule has 0 spiro atoms. The van der Waals surface area contributed by atoms with Crippen LogP contribution in [0.2, 0.25) is 0 Å². The van der Waals surface area contributed by atoms with Gasteiger partial charge in [0.05, 0.1) is 39.1 Å². The standard InChI is InChI=1S/C22H22O4.C15H16O3/c1-24-18-13-11-17(12-14-18)22(23)21-19(25-2)9-6-10-20(21)26-15-16-7-4-3-5-8-16;1-17-14-8-5-9-15(13(14)10-16)18-11-12-6-3-2-4-7-12/h3-14,22-23H,15H2,1-2H3;2-9,16H,10-11H2,1H3. The van der Waals surface area contributed by atoms with Gasteiger partial charge in [0.2, 0.25) is 0 Å². The first-order chi connectivity index (χ1) is 21.6. The Balaban J connectivity index is 0.000000215. The third-order valence-corrected chi connectivity index (χ3v) is 6.89. The molecule has 44 heavy (non-hydrogen) atoms. The summed E-state index contributed by atoms with van der Waals surface area (Å²) in [6.45, 7) is 0.783. The Kier molecular flexibility index (Phi) is 12.1. The quantitative estimate of drug-likeness (QED) is 0.159. The van der Waals surface area contributed by atoms with Crippen molar-refractivity contribution in [3.05, 3.63) is 149 Å². The van der Waals surface area contributed by atoms with Crippen molar-refractivity contribution in [2.45, 2.75) is 25.9 Å². The van der Waals surface area contributed by atoms with Crippen molar-refractivity contribution in [2.24, 2.45) is 0 Å². The molecule has 0 saturated heterocycles. The average molecular weight is 595 g/mol. The lowest BCUT2D eigenvalue weighted by atomic mass is 9.99. The predicted octanol–water partition coefficient (Wildman–Crippen LogP) is 7.13. The van der Waals surface area contributed by atoms with Gasteiger partial charge in [-0.3, -0.25) is 0 Å². The summed E-state index contributed by atoms with van der Waals surface area (Å²) in [7, 11) is 4.78. The van der Waals surface area contributed by atoms with Crippen molar-refractivity contribution in [3.63, 3.8) is 0 Å². The van der Waals surface area contributed by atoms with Gasteiger partial charge >= 0.3 is 0 Å². The largest absolute Gasteiger partial charge is 0.497 e. The van der Waals surface area contributed by atoms with Crippen LogP contribution in [0, 0.1) is 0 Å². The van der Waals surface area contributed by atoms with Crippen LogP contribution in [-0.2, 0) is 19.8 Å². The summed E-state index contributed by atoms with van der Waals surface area (Å²) >= 11 is 0. The Morgan fingerprint density at radius 3 is 1.55 bits per heavy atom. The van der Waals surface area contributed by atoms with Crippen molar-refractivity contribution in [1.82, 2.24) is 0 Å². The van der Waals surface area contributed by atoms with E-state index < -0.39 is 6.10 Å². The van der Waals surface area contributed by atoms with Crippen LogP contribution in [0.15, 0.2) is 121 Å². The molecule has 0 bridgehead atoms. The molecule has 1 atom stereocenters. The zero-order valence-corrected chi connectivity index (χ0v) is 25.2. The lowest BCUT2D eigenvalue weighted by Crippen LogP contribution is -2.06. The van der Waals surface area contributed by atoms with E-state index in [2.05, 4.69) is 0 Å². The third kappa shape index (κ3) is 8.53. The molecular formula is C37H38O7. The summed E-state index contributed by atoms with van der Waals surface area (Å²) in [6, 6.07) is 38.1. The molecule has 7 nitrogen and oxygen atoms in total. The minimum absolute atomic E-state index is 0.103. The van der Waals surface area contributed by atoms with Crippen molar-refractivity contribution >= 4 is 0 Å². The molecule has 1 unspecified atom stereocenters. The van der Waals surface area contributed by atoms with Crippen LogP contribution in [0.5, 0.6) is 28.7 Å². The van der Waals surface area contributed by atoms with Crippen LogP contribution in [0.3, 0.4) is 0 Å². The topological polar surface area (TPSA) is 86.6 Å². The highest BCUT2D eigenvalue weighted by atomic mass is 16.5. The van der Waals surface area contributed by atoms with Gasteiger partial charge in [-0.1, -0.05) is 84.9 Å². The fourth-order valence-electron chi connectivity index (χ4n) is 4.55. The fraction of sp³-hybridized carbons (Fsp3) is 0.189. The molecule has 0 heterocycles. The number of benzene rings is 5. The number of methoxy groups -OCH3 is 3. The van der Waals surface area contributed by atoms with Crippen LogP contribution in [-0.4, -0.2) is 31.5 Å². The van der Waals surface area contributed by atoms with E-state index in [4.69, 9.17) is 23.7 Å². The summed E-state index contributed by atoms with van der Waals surface area (Å²) in [5.74, 6) is 3.21. The molecule has 0 aliphatic heterocycles. The Bertz CT molecular complexity index is 1550. The maximum atomic E-state index is 10.9. The van der Waals surface area contributed by atoms with Gasteiger partial charge in [0.1, 0.15) is 48.1 Å². The second kappa shape index (κ2) is 16.6. The van der Waals surface area contributed by atoms with Gasteiger partial charge in [-0.2, -0.15) is 0 Å². The van der Waals surface area contributed by atoms with Crippen molar-refractivity contribution in [3.8, 4) is 28.7 Å². The van der Waals surface area contributed by atoms with Crippen LogP contribution in [0.1, 0.15) is 33.9 Å². The average Bonchev–Trinajstić information content (AvgIpc) is 3.10. The zero-order valence-electron chi connectivity index (χ0n) is 25.2. The molecule has 0 aliphatic carbocycles. The lowest BCUT2D eigenvalue weighted by molar-refractivity contribution is 0.203. The molecule has 228 valence electrons. The first-order valence-corrected chi connectivity index (χ1v) is 14.2. The van der Waals surface area contributed by atoms with Gasteiger partial charge in [0, 0.05) is 0 Å². The maximum Gasteiger partial charge on any atom is 0.129 e. The Morgan fingerprint density at radius 1 is 0.523 bits per heavy atom. The van der Waals surface area contributed by atoms with E-state index in [1.165, 1.54) is 0 Å². The Morgan fingerprint density at radius 2 is 1.02 bits per heavy atom. The van der Waals surface area contributed by atoms with E-state index in [0.717, 1.165) is 22.4 Å². The molecule has 2 N–H and O–H groups in total. The van der Waals surface area contributed by atoms with Gasteiger partial charge in [0.15, 0.2) is 0 Å². The van der Waals surface area contributed by atoms with Gasteiger partial charge in [-0.15, -0.1) is 0 Å². The number of aliphatic hydroxyl groups excluding tert-OH is 2. The molecule has 0 radical (unpaired) electrons. The summed E-state index contributed by atoms with van der Waals surface area (Å²) in [6.07, 6.45) is -0.872. The molecule has 7 heteroatoms. The van der Waals surface area contributed by atoms with E-state index in [1.54, 1.807) is 27.4 Å². The summed E-state index contributed by atoms with van der Waals surface area (Å²) in [4.78, 5) is 0. The summed E-state index contributed by atoms with van der Waals surface area (Å²) < 4.78 is 27.5. The van der Waals surface area contributed by atoms with Crippen LogP contribution < -0.4 is 23.7 Å². The summed E-state index contributed by atoms with van der Waals surface area (Å²) in [5, 5.41) is 20.3. The third-order valence-electron chi connectivity index (χ3n) is 6.89. The number of hydrogen-bond acceptors (Lipinski definition) is 7. The highest BCUT2D eigenvalue weighted by Crippen LogP contribution is 2.38. The van der Waals surface area contributed by atoms with Crippen LogP contribution >= 0.6 is 0 Å². The molecule has 5 rings (SSSR count). The molecule has 0 saturated carbocycles. The number of hydrogen-bond donors (Lipinski definition) is 2. The van der Waals surface area contributed by atoms with Gasteiger partial charge in [0.25, 0.3) is 0 Å². The van der Waals surface area contributed by atoms with E-state index >= 15 is 0 Å². The normalized spacial score (nSPS) is 11.0. The molecule has 5 aromatic rings. The minimum atomic E-state index is -0.872. The fourth-order valence-corrected chi connectivity index (χ4v) is 4.55. The molecule has 5 aromatic carbocycles. The molecule has 0 aliphatic rings. The highest BCUT2D eigenvalue weighted by Gasteiger charge is 2.21. The highest BCUT2D eigenvalue weighted by molar-refractivity contribution is 5.50. The monoisotopic (exact) mass is 594 g/mol.